The molecule has 2 nitrogen and oxygen atoms in total. The molecule has 114 valence electrons. The van der Waals surface area contributed by atoms with E-state index in [1.807, 2.05) is 34.7 Å². The Bertz CT molecular complexity index is 443. The number of aromatic hydroxyl groups is 1. The van der Waals surface area contributed by atoms with Gasteiger partial charge in [0.05, 0.1) is 0 Å². The van der Waals surface area contributed by atoms with Crippen LogP contribution in [0.15, 0.2) is 6.07 Å². The van der Waals surface area contributed by atoms with Crippen LogP contribution in [0.2, 0.25) is 0 Å². The highest BCUT2D eigenvalue weighted by Crippen LogP contribution is 2.35. The van der Waals surface area contributed by atoms with Crippen molar-refractivity contribution in [1.82, 2.24) is 5.32 Å². The summed E-state index contributed by atoms with van der Waals surface area (Å²) in [4.78, 5) is 0. The predicted octanol–water partition coefficient (Wildman–Crippen LogP) is 4.15. The second kappa shape index (κ2) is 7.63. The highest BCUT2D eigenvalue weighted by atomic mass is 19.1. The number of hydrogen-bond donors (Lipinski definition) is 2. The molecule has 0 aromatic heterocycles. The van der Waals surface area contributed by atoms with Gasteiger partial charge in [-0.25, -0.2) is 4.39 Å². The van der Waals surface area contributed by atoms with Gasteiger partial charge in [0.25, 0.3) is 0 Å². The Morgan fingerprint density at radius 1 is 1.25 bits per heavy atom. The van der Waals surface area contributed by atoms with Crippen molar-refractivity contribution in [2.24, 2.45) is 0 Å². The molecule has 0 saturated heterocycles. The summed E-state index contributed by atoms with van der Waals surface area (Å²) in [6.07, 6.45) is 3.56. The molecule has 2 rings (SSSR count). The molecule has 1 atom stereocenters. The van der Waals surface area contributed by atoms with Crippen LogP contribution in [-0.4, -0.2) is 18.2 Å². The first kappa shape index (κ1) is 17.0. The molecule has 20 heavy (non-hydrogen) atoms. The van der Waals surface area contributed by atoms with E-state index in [0.29, 0.717) is 11.6 Å². The first-order valence-electron chi connectivity index (χ1n) is 7.75. The number of phenols is 1. The zero-order valence-electron chi connectivity index (χ0n) is 13.4. The molecule has 0 amide bonds. The third-order valence-corrected chi connectivity index (χ3v) is 3.97. The van der Waals surface area contributed by atoms with E-state index >= 15 is 0 Å². The Morgan fingerprint density at radius 2 is 1.85 bits per heavy atom. The van der Waals surface area contributed by atoms with Gasteiger partial charge in [-0.05, 0) is 55.8 Å². The van der Waals surface area contributed by atoms with E-state index in [9.17, 15) is 9.50 Å². The molecule has 1 aliphatic carbocycles. The average molecular weight is 281 g/mol. The number of fused-ring (bicyclic) bond motifs is 1. The Morgan fingerprint density at radius 3 is 2.40 bits per heavy atom. The van der Waals surface area contributed by atoms with E-state index in [0.717, 1.165) is 36.8 Å². The monoisotopic (exact) mass is 281 g/mol. The van der Waals surface area contributed by atoms with E-state index < -0.39 is 0 Å². The Hall–Kier alpha value is -1.09. The third kappa shape index (κ3) is 3.51. The van der Waals surface area contributed by atoms with Gasteiger partial charge in [0, 0.05) is 11.6 Å². The number of aryl methyl sites for hydroxylation is 1. The van der Waals surface area contributed by atoms with E-state index in [1.54, 1.807) is 6.07 Å². The van der Waals surface area contributed by atoms with Gasteiger partial charge in [-0.15, -0.1) is 0 Å². The maximum absolute atomic E-state index is 14.5. The van der Waals surface area contributed by atoms with Crippen molar-refractivity contribution in [2.75, 3.05) is 7.05 Å². The minimum absolute atomic E-state index is 0.0126. The number of rotatable bonds is 2. The molecule has 0 spiro atoms. The van der Waals surface area contributed by atoms with Crippen molar-refractivity contribution in [3.63, 3.8) is 0 Å². The molecule has 1 unspecified atom stereocenters. The molecule has 2 N–H and O–H groups in total. The van der Waals surface area contributed by atoms with Gasteiger partial charge in [-0.1, -0.05) is 27.7 Å². The third-order valence-electron chi connectivity index (χ3n) is 3.97. The quantitative estimate of drug-likeness (QED) is 0.798. The van der Waals surface area contributed by atoms with Gasteiger partial charge in [0.15, 0.2) is 0 Å². The van der Waals surface area contributed by atoms with Gasteiger partial charge in [-0.2, -0.15) is 0 Å². The average Bonchev–Trinajstić information content (AvgIpc) is 2.63. The molecule has 0 heterocycles. The first-order chi connectivity index (χ1) is 9.54. The largest absolute Gasteiger partial charge is 0.508 e. The SMILES string of the molecule is CC.CNC1CCc2cc(O)c(C(C)C)c(F)c2CC1. The van der Waals surface area contributed by atoms with Crippen LogP contribution in [0.5, 0.6) is 5.75 Å². The zero-order chi connectivity index (χ0) is 15.3. The minimum atomic E-state index is -0.184. The van der Waals surface area contributed by atoms with Crippen LogP contribution >= 0.6 is 0 Å². The Labute approximate surface area is 122 Å². The van der Waals surface area contributed by atoms with Gasteiger partial charge in [-0.3, -0.25) is 0 Å². The van der Waals surface area contributed by atoms with Gasteiger partial charge >= 0.3 is 0 Å². The molecular formula is C17H28FNO. The lowest BCUT2D eigenvalue weighted by Crippen LogP contribution is -2.24. The summed E-state index contributed by atoms with van der Waals surface area (Å²) in [7, 11) is 1.95. The van der Waals surface area contributed by atoms with Crippen molar-refractivity contribution in [3.8, 4) is 5.75 Å². The van der Waals surface area contributed by atoms with Crippen molar-refractivity contribution in [3.05, 3.63) is 28.6 Å². The van der Waals surface area contributed by atoms with Crippen molar-refractivity contribution in [1.29, 1.82) is 0 Å². The summed E-state index contributed by atoms with van der Waals surface area (Å²) in [6, 6.07) is 2.22. The maximum Gasteiger partial charge on any atom is 0.133 e. The van der Waals surface area contributed by atoms with Crippen LogP contribution in [0.3, 0.4) is 0 Å². The van der Waals surface area contributed by atoms with Gasteiger partial charge in [0.2, 0.25) is 0 Å². The predicted molar refractivity (Wildman–Crippen MR) is 83.0 cm³/mol. The zero-order valence-corrected chi connectivity index (χ0v) is 13.4. The van der Waals surface area contributed by atoms with Gasteiger partial charge < -0.3 is 10.4 Å². The number of halogens is 1. The number of benzene rings is 1. The molecule has 0 saturated carbocycles. The highest BCUT2D eigenvalue weighted by molar-refractivity contribution is 5.45. The van der Waals surface area contributed by atoms with Crippen LogP contribution in [0.25, 0.3) is 0 Å². The maximum atomic E-state index is 14.5. The van der Waals surface area contributed by atoms with Crippen LogP contribution < -0.4 is 5.32 Å². The molecule has 1 aromatic rings. The summed E-state index contributed by atoms with van der Waals surface area (Å²) in [5.41, 5.74) is 2.26. The summed E-state index contributed by atoms with van der Waals surface area (Å²) in [5, 5.41) is 13.2. The van der Waals surface area contributed by atoms with E-state index in [1.165, 1.54) is 0 Å². The fraction of sp³-hybridized carbons (Fsp3) is 0.647. The smallest absolute Gasteiger partial charge is 0.133 e. The number of nitrogens with one attached hydrogen (secondary N) is 1. The first-order valence-corrected chi connectivity index (χ1v) is 7.75. The number of hydrogen-bond acceptors (Lipinski definition) is 2. The lowest BCUT2D eigenvalue weighted by Gasteiger charge is -2.15. The van der Waals surface area contributed by atoms with E-state index in [-0.39, 0.29) is 17.5 Å². The number of phenolic OH excluding ortho intramolecular Hbond substituents is 1. The fourth-order valence-electron chi connectivity index (χ4n) is 2.87. The van der Waals surface area contributed by atoms with Crippen LogP contribution in [0.4, 0.5) is 4.39 Å². The molecule has 1 aliphatic rings. The van der Waals surface area contributed by atoms with Gasteiger partial charge in [0.1, 0.15) is 11.6 Å². The van der Waals surface area contributed by atoms with Crippen LogP contribution in [-0.2, 0) is 12.8 Å². The summed E-state index contributed by atoms with van der Waals surface area (Å²) >= 11 is 0. The normalized spacial score (nSPS) is 18.1. The second-order valence-corrected chi connectivity index (χ2v) is 5.48. The summed E-state index contributed by atoms with van der Waals surface area (Å²) < 4.78 is 14.5. The lowest BCUT2D eigenvalue weighted by molar-refractivity contribution is 0.450. The van der Waals surface area contributed by atoms with Crippen LogP contribution in [0.1, 0.15) is 63.1 Å². The second-order valence-electron chi connectivity index (χ2n) is 5.48. The molecule has 0 bridgehead atoms. The highest BCUT2D eigenvalue weighted by Gasteiger charge is 2.23. The van der Waals surface area contributed by atoms with E-state index in [4.69, 9.17) is 0 Å². The summed E-state index contributed by atoms with van der Waals surface area (Å²) in [5.74, 6) is -0.0560. The van der Waals surface area contributed by atoms with Crippen molar-refractivity contribution in [2.45, 2.75) is 65.3 Å². The molecule has 3 heteroatoms. The molecule has 0 aliphatic heterocycles. The molecule has 1 aromatic carbocycles. The lowest BCUT2D eigenvalue weighted by atomic mass is 9.93. The van der Waals surface area contributed by atoms with Crippen molar-refractivity contribution >= 4 is 0 Å². The van der Waals surface area contributed by atoms with Crippen LogP contribution in [0, 0.1) is 5.82 Å². The standard InChI is InChI=1S/C15H22FNO.C2H6/c1-9(2)14-13(18)8-10-4-5-11(17-3)6-7-12(10)15(14)16;1-2/h8-9,11,17-18H,4-7H2,1-3H3;1-2H3. The molecule has 0 fully saturated rings. The topological polar surface area (TPSA) is 32.3 Å². The van der Waals surface area contributed by atoms with Crippen molar-refractivity contribution < 1.29 is 9.50 Å². The fourth-order valence-corrected chi connectivity index (χ4v) is 2.87. The molecule has 0 radical (unpaired) electrons. The molecular weight excluding hydrogens is 253 g/mol. The summed E-state index contributed by atoms with van der Waals surface area (Å²) in [6.45, 7) is 7.83. The minimum Gasteiger partial charge on any atom is -0.508 e. The van der Waals surface area contributed by atoms with E-state index in [2.05, 4.69) is 5.32 Å². The Kier molecular flexibility index (Phi) is 6.47. The Balaban J connectivity index is 0.000000956.